The fourth-order valence-corrected chi connectivity index (χ4v) is 1.00. The van der Waals surface area contributed by atoms with Crippen molar-refractivity contribution in [2.75, 3.05) is 13.2 Å². The molecule has 2 nitrogen and oxygen atoms in total. The summed E-state index contributed by atoms with van der Waals surface area (Å²) < 4.78 is 41.6. The summed E-state index contributed by atoms with van der Waals surface area (Å²) in [5.74, 6) is 0. The van der Waals surface area contributed by atoms with Crippen LogP contribution in [0.4, 0.5) is 13.2 Å². The third kappa shape index (κ3) is 8.44. The van der Waals surface area contributed by atoms with Gasteiger partial charge in [-0.3, -0.25) is 0 Å². The van der Waals surface area contributed by atoms with Gasteiger partial charge in [0.1, 0.15) is 0 Å². The van der Waals surface area contributed by atoms with Gasteiger partial charge in [0, 0.05) is 17.5 Å². The number of ether oxygens (including phenoxy) is 1. The van der Waals surface area contributed by atoms with Gasteiger partial charge in [0.15, 0.2) is 6.10 Å². The number of hydrogen-bond donors (Lipinski definition) is 1. The molecule has 0 bridgehead atoms. The Morgan fingerprint density at radius 1 is 1.06 bits per heavy atom. The van der Waals surface area contributed by atoms with Crippen molar-refractivity contribution in [3.8, 4) is 0 Å². The van der Waals surface area contributed by atoms with Crippen LogP contribution in [0.15, 0.2) is 0 Å². The number of alkyl halides is 3. The molecular formula is C12H24F3NO. The molecule has 0 radical (unpaired) electrons. The van der Waals surface area contributed by atoms with Crippen LogP contribution in [0.2, 0.25) is 0 Å². The Labute approximate surface area is 102 Å². The number of rotatable bonds is 5. The van der Waals surface area contributed by atoms with Crippen LogP contribution in [0.25, 0.3) is 0 Å². The zero-order chi connectivity index (χ0) is 13.9. The highest BCUT2D eigenvalue weighted by Crippen LogP contribution is 2.25. The summed E-state index contributed by atoms with van der Waals surface area (Å²) in [5.41, 5.74) is -0.375. The molecular weight excluding hydrogens is 231 g/mol. The molecule has 0 spiro atoms. The monoisotopic (exact) mass is 255 g/mol. The normalized spacial score (nSPS) is 16.1. The van der Waals surface area contributed by atoms with E-state index in [2.05, 4.69) is 5.32 Å². The molecule has 5 heteroatoms. The fraction of sp³-hybridized carbons (Fsp3) is 1.00. The predicted molar refractivity (Wildman–Crippen MR) is 63.0 cm³/mol. The van der Waals surface area contributed by atoms with Crippen LogP contribution in [0.3, 0.4) is 0 Å². The average molecular weight is 255 g/mol. The molecule has 0 aliphatic rings. The first-order chi connectivity index (χ1) is 7.33. The quantitative estimate of drug-likeness (QED) is 0.813. The smallest absolute Gasteiger partial charge is 0.368 e. The third-order valence-corrected chi connectivity index (χ3v) is 2.28. The van der Waals surface area contributed by atoms with Gasteiger partial charge in [-0.15, -0.1) is 0 Å². The van der Waals surface area contributed by atoms with Crippen molar-refractivity contribution >= 4 is 0 Å². The van der Waals surface area contributed by atoms with Crippen molar-refractivity contribution in [1.82, 2.24) is 5.32 Å². The summed E-state index contributed by atoms with van der Waals surface area (Å²) >= 11 is 0. The van der Waals surface area contributed by atoms with E-state index in [1.54, 1.807) is 0 Å². The molecule has 0 aliphatic heterocycles. The summed E-state index contributed by atoms with van der Waals surface area (Å²) in [7, 11) is 0. The molecule has 1 N–H and O–H groups in total. The van der Waals surface area contributed by atoms with E-state index >= 15 is 0 Å². The Balaban J connectivity index is 4.10. The Kier molecular flexibility index (Phi) is 5.47. The Hall–Kier alpha value is -0.290. The minimum atomic E-state index is -4.28. The van der Waals surface area contributed by atoms with Gasteiger partial charge in [-0.25, -0.2) is 0 Å². The van der Waals surface area contributed by atoms with Crippen molar-refractivity contribution in [1.29, 1.82) is 0 Å². The lowest BCUT2D eigenvalue weighted by atomic mass is 9.93. The van der Waals surface area contributed by atoms with E-state index in [1.807, 2.05) is 34.6 Å². The first kappa shape index (κ1) is 16.7. The standard InChI is InChI=1S/C12H24F3NO/c1-9(12(13,14)15)17-8-11(5,6)7-16-10(2,3)4/h9,16H,7-8H2,1-6H3. The second-order valence-corrected chi connectivity index (χ2v) is 6.26. The van der Waals surface area contributed by atoms with E-state index in [0.29, 0.717) is 6.54 Å². The maximum atomic E-state index is 12.3. The summed E-state index contributed by atoms with van der Waals surface area (Å²) in [5, 5.41) is 3.26. The Morgan fingerprint density at radius 3 is 1.88 bits per heavy atom. The number of halogens is 3. The molecule has 17 heavy (non-hydrogen) atoms. The van der Waals surface area contributed by atoms with E-state index in [-0.39, 0.29) is 17.6 Å². The van der Waals surface area contributed by atoms with Crippen molar-refractivity contribution in [2.24, 2.45) is 5.41 Å². The van der Waals surface area contributed by atoms with E-state index in [0.717, 1.165) is 6.92 Å². The molecule has 0 aromatic rings. The lowest BCUT2D eigenvalue weighted by Gasteiger charge is -2.31. The number of nitrogens with one attached hydrogen (secondary N) is 1. The van der Waals surface area contributed by atoms with E-state index < -0.39 is 12.3 Å². The SMILES string of the molecule is CC(OCC(C)(C)CNC(C)(C)C)C(F)(F)F. The molecule has 0 rings (SSSR count). The highest BCUT2D eigenvalue weighted by Gasteiger charge is 2.38. The van der Waals surface area contributed by atoms with E-state index in [9.17, 15) is 13.2 Å². The highest BCUT2D eigenvalue weighted by molar-refractivity contribution is 4.78. The van der Waals surface area contributed by atoms with Crippen molar-refractivity contribution in [3.63, 3.8) is 0 Å². The molecule has 1 atom stereocenters. The van der Waals surface area contributed by atoms with E-state index in [4.69, 9.17) is 4.74 Å². The summed E-state index contributed by atoms with van der Waals surface area (Å²) in [6, 6.07) is 0. The molecule has 0 aliphatic carbocycles. The van der Waals surface area contributed by atoms with Gasteiger partial charge in [-0.1, -0.05) is 13.8 Å². The number of hydrogen-bond acceptors (Lipinski definition) is 2. The van der Waals surface area contributed by atoms with Gasteiger partial charge in [-0.2, -0.15) is 13.2 Å². The van der Waals surface area contributed by atoms with Crippen LogP contribution in [0.1, 0.15) is 41.5 Å². The minimum Gasteiger partial charge on any atom is -0.368 e. The van der Waals surface area contributed by atoms with Gasteiger partial charge in [-0.05, 0) is 27.7 Å². The van der Waals surface area contributed by atoms with Crippen LogP contribution >= 0.6 is 0 Å². The lowest BCUT2D eigenvalue weighted by Crippen LogP contribution is -2.44. The second kappa shape index (κ2) is 5.57. The maximum absolute atomic E-state index is 12.3. The van der Waals surface area contributed by atoms with Crippen molar-refractivity contribution in [2.45, 2.75) is 59.4 Å². The van der Waals surface area contributed by atoms with Crippen molar-refractivity contribution in [3.05, 3.63) is 0 Å². The largest absolute Gasteiger partial charge is 0.414 e. The van der Waals surface area contributed by atoms with Crippen LogP contribution in [-0.2, 0) is 4.74 Å². The van der Waals surface area contributed by atoms with Gasteiger partial charge in [0.25, 0.3) is 0 Å². The molecule has 0 aromatic carbocycles. The zero-order valence-corrected chi connectivity index (χ0v) is 11.5. The second-order valence-electron chi connectivity index (χ2n) is 6.26. The van der Waals surface area contributed by atoms with Gasteiger partial charge in [0.05, 0.1) is 6.61 Å². The minimum absolute atomic E-state index is 0.0487. The van der Waals surface area contributed by atoms with Crippen molar-refractivity contribution < 1.29 is 17.9 Å². The molecule has 0 aromatic heterocycles. The fourth-order valence-electron chi connectivity index (χ4n) is 1.00. The van der Waals surface area contributed by atoms with Crippen LogP contribution in [-0.4, -0.2) is 31.0 Å². The lowest BCUT2D eigenvalue weighted by molar-refractivity contribution is -0.220. The molecule has 0 heterocycles. The molecule has 1 unspecified atom stereocenters. The zero-order valence-electron chi connectivity index (χ0n) is 11.5. The summed E-state index contributed by atoms with van der Waals surface area (Å²) in [6.45, 7) is 11.5. The molecule has 0 amide bonds. The topological polar surface area (TPSA) is 21.3 Å². The predicted octanol–water partition coefficient (Wildman–Crippen LogP) is 3.37. The molecule has 0 fully saturated rings. The average Bonchev–Trinajstić information content (AvgIpc) is 2.09. The first-order valence-corrected chi connectivity index (χ1v) is 5.77. The van der Waals surface area contributed by atoms with Crippen LogP contribution in [0.5, 0.6) is 0 Å². The molecule has 0 saturated heterocycles. The Bertz CT molecular complexity index is 231. The summed E-state index contributed by atoms with van der Waals surface area (Å²) in [6.07, 6.45) is -6.00. The van der Waals surface area contributed by atoms with Crippen LogP contribution in [0, 0.1) is 5.41 Å². The molecule has 104 valence electrons. The van der Waals surface area contributed by atoms with Crippen LogP contribution < -0.4 is 5.32 Å². The van der Waals surface area contributed by atoms with Gasteiger partial charge >= 0.3 is 6.18 Å². The third-order valence-electron chi connectivity index (χ3n) is 2.28. The first-order valence-electron chi connectivity index (χ1n) is 5.77. The Morgan fingerprint density at radius 2 is 1.53 bits per heavy atom. The molecule has 0 saturated carbocycles. The van der Waals surface area contributed by atoms with E-state index in [1.165, 1.54) is 0 Å². The maximum Gasteiger partial charge on any atom is 0.414 e. The van der Waals surface area contributed by atoms with Gasteiger partial charge < -0.3 is 10.1 Å². The summed E-state index contributed by atoms with van der Waals surface area (Å²) in [4.78, 5) is 0. The van der Waals surface area contributed by atoms with Gasteiger partial charge in [0.2, 0.25) is 0 Å². The highest BCUT2D eigenvalue weighted by atomic mass is 19.4.